The number of benzene rings is 2. The van der Waals surface area contributed by atoms with E-state index in [-0.39, 0.29) is 49.5 Å². The van der Waals surface area contributed by atoms with Crippen LogP contribution in [0.5, 0.6) is 0 Å². The topological polar surface area (TPSA) is 25.8 Å². The zero-order valence-electron chi connectivity index (χ0n) is 28.9. The van der Waals surface area contributed by atoms with Gasteiger partial charge in [0.05, 0.1) is 8.22 Å². The van der Waals surface area contributed by atoms with Gasteiger partial charge in [0.25, 0.3) is 0 Å². The molecule has 3 heterocycles. The molecule has 0 spiro atoms. The normalized spacial score (nSPS) is 21.0. The van der Waals surface area contributed by atoms with Gasteiger partial charge in [0.2, 0.25) is 0 Å². The minimum atomic E-state index is -2.77. The van der Waals surface area contributed by atoms with E-state index in [4.69, 9.17) is 16.4 Å². The Morgan fingerprint density at radius 2 is 2.03 bits per heavy atom. The number of nitrogens with zero attached hydrogens (tertiary/aromatic N) is 2. The average Bonchev–Trinajstić information content (AvgIpc) is 3.36. The zero-order valence-corrected chi connectivity index (χ0v) is 20.1. The maximum atomic E-state index is 8.08. The Balaban J connectivity index is 0.000000201. The predicted molar refractivity (Wildman–Crippen MR) is 136 cm³/mol. The van der Waals surface area contributed by atoms with Crippen LogP contribution in [0.1, 0.15) is 34.1 Å². The molecule has 33 heavy (non-hydrogen) atoms. The minimum Gasteiger partial charge on any atom is -0.320 e. The smallest absolute Gasteiger partial charge is 0.0829 e. The minimum absolute atomic E-state index is 0. The second-order valence-corrected chi connectivity index (χ2v) is 7.65. The van der Waals surface area contributed by atoms with Crippen LogP contribution in [0, 0.1) is 19.3 Å². The number of hydrogen-bond donors (Lipinski definition) is 0. The molecular formula is C29H22IrN2S-2. The molecule has 1 radical (unpaired) electrons. The van der Waals surface area contributed by atoms with E-state index in [0.29, 0.717) is 5.69 Å². The van der Waals surface area contributed by atoms with Crippen LogP contribution in [0.15, 0.2) is 97.2 Å². The molecule has 5 aromatic rings. The summed E-state index contributed by atoms with van der Waals surface area (Å²) in [5.41, 5.74) is 0.273. The third kappa shape index (κ3) is 5.15. The molecule has 2 nitrogen and oxygen atoms in total. The fourth-order valence-electron chi connectivity index (χ4n) is 3.15. The summed E-state index contributed by atoms with van der Waals surface area (Å²) in [6.45, 7) is -2.77. The molecule has 1 unspecified atom stereocenters. The van der Waals surface area contributed by atoms with Crippen molar-refractivity contribution in [3.63, 3.8) is 0 Å². The Morgan fingerprint density at radius 3 is 2.97 bits per heavy atom. The quantitative estimate of drug-likeness (QED) is 0.185. The van der Waals surface area contributed by atoms with Crippen molar-refractivity contribution >= 4 is 37.1 Å². The zero-order chi connectivity index (χ0) is 32.1. The molecule has 0 amide bonds. The number of pyridine rings is 2. The standard InChI is InChI=1S/C17H10NS.C12H12N.Ir/c1-2-10-16-12(6-1)13-7-5-8-14(17(13)19-16)15-9-3-4-11-18-15;1-10-7-8-12(13-9-10)11-5-3-2-4-6-11;/h1-7,9-11H;2-3,5-9H,4H2,1H3;/q2*-1;/i3D,9D;1D3,2D,3D,4D,5D,7D,8D,9D;. The molecule has 0 bridgehead atoms. The van der Waals surface area contributed by atoms with Crippen LogP contribution in [0.4, 0.5) is 0 Å². The summed E-state index contributed by atoms with van der Waals surface area (Å²) < 4.78 is 94.2. The van der Waals surface area contributed by atoms with E-state index in [1.165, 1.54) is 16.2 Å². The van der Waals surface area contributed by atoms with E-state index < -0.39 is 49.2 Å². The molecule has 0 fully saturated rings. The molecule has 0 aliphatic heterocycles. The first kappa shape index (κ1) is 12.4. The van der Waals surface area contributed by atoms with E-state index in [2.05, 4.69) is 28.2 Å². The third-order valence-electron chi connectivity index (χ3n) is 4.57. The van der Waals surface area contributed by atoms with Gasteiger partial charge in [0, 0.05) is 44.0 Å². The van der Waals surface area contributed by atoms with Crippen LogP contribution in [0.3, 0.4) is 0 Å². The monoisotopic (exact) mass is 635 g/mol. The van der Waals surface area contributed by atoms with E-state index >= 15 is 0 Å². The van der Waals surface area contributed by atoms with Crippen molar-refractivity contribution in [2.24, 2.45) is 0 Å². The van der Waals surface area contributed by atoms with Gasteiger partial charge in [-0.3, -0.25) is 0 Å². The van der Waals surface area contributed by atoms with Gasteiger partial charge in [0.15, 0.2) is 0 Å². The van der Waals surface area contributed by atoms with Gasteiger partial charge in [0.1, 0.15) is 0 Å². The van der Waals surface area contributed by atoms with Crippen molar-refractivity contribution in [1.82, 2.24) is 9.97 Å². The predicted octanol–water partition coefficient (Wildman–Crippen LogP) is 7.85. The molecule has 3 aromatic heterocycles. The fraction of sp³-hybridized carbons (Fsp3) is 0.0690. The summed E-state index contributed by atoms with van der Waals surface area (Å²) >= 11 is 1.68. The van der Waals surface area contributed by atoms with Crippen LogP contribution in [-0.2, 0) is 20.1 Å². The summed E-state index contributed by atoms with van der Waals surface area (Å²) in [4.78, 5) is 8.01. The Bertz CT molecular complexity index is 2000. The molecular weight excluding hydrogens is 601 g/mol. The SMILES string of the molecule is [2H]C1=C(c2nc([2H])c(C([2H])([2H])[2H])c([2H])c2[2H])[CH-]C([2H])C([2H])=C1[2H].[2H]c1ccnc(-c2[c-]ccc3c2sc2ccccc23)c1[2H].[Ir]. The summed E-state index contributed by atoms with van der Waals surface area (Å²) in [6, 6.07) is 14.7. The second kappa shape index (κ2) is 10.7. The number of hydrogen-bond acceptors (Lipinski definition) is 3. The fourth-order valence-corrected chi connectivity index (χ4v) is 4.35. The third-order valence-corrected chi connectivity index (χ3v) is 5.77. The van der Waals surface area contributed by atoms with Crippen molar-refractivity contribution in [1.29, 1.82) is 0 Å². The second-order valence-electron chi connectivity index (χ2n) is 6.60. The Hall–Kier alpha value is -3.04. The van der Waals surface area contributed by atoms with Gasteiger partial charge in [-0.05, 0) is 47.4 Å². The van der Waals surface area contributed by atoms with Crippen molar-refractivity contribution in [2.45, 2.75) is 13.2 Å². The van der Waals surface area contributed by atoms with Crippen molar-refractivity contribution in [3.8, 4) is 11.3 Å². The number of fused-ring (bicyclic) bond motifs is 3. The molecule has 165 valence electrons. The molecule has 0 saturated carbocycles. The molecule has 2 aromatic carbocycles. The molecule has 0 N–H and O–H groups in total. The first-order valence-corrected chi connectivity index (χ1v) is 10.4. The summed E-state index contributed by atoms with van der Waals surface area (Å²) in [5.74, 6) is 0. The maximum absolute atomic E-state index is 8.08. The summed E-state index contributed by atoms with van der Waals surface area (Å²) in [7, 11) is 0. The van der Waals surface area contributed by atoms with Crippen LogP contribution in [0.2, 0.25) is 0 Å². The molecule has 1 aliphatic carbocycles. The van der Waals surface area contributed by atoms with Gasteiger partial charge in [-0.2, -0.15) is 29.4 Å². The molecule has 1 atom stereocenters. The number of aromatic nitrogens is 2. The van der Waals surface area contributed by atoms with Crippen molar-refractivity contribution in [3.05, 3.63) is 121 Å². The van der Waals surface area contributed by atoms with Crippen molar-refractivity contribution in [2.75, 3.05) is 0 Å². The number of allylic oxidation sites excluding steroid dienone is 4. The Labute approximate surface area is 229 Å². The largest absolute Gasteiger partial charge is 0.320 e. The van der Waals surface area contributed by atoms with Crippen LogP contribution >= 0.6 is 11.3 Å². The van der Waals surface area contributed by atoms with Gasteiger partial charge in [-0.25, -0.2) is 0 Å². The first-order valence-electron chi connectivity index (χ1n) is 15.7. The van der Waals surface area contributed by atoms with E-state index in [0.717, 1.165) is 22.1 Å². The summed E-state index contributed by atoms with van der Waals surface area (Å²) in [5, 5.41) is 2.36. The van der Waals surface area contributed by atoms with Gasteiger partial charge in [-0.1, -0.05) is 54.2 Å². The van der Waals surface area contributed by atoms with Crippen molar-refractivity contribution < 1.29 is 36.6 Å². The van der Waals surface area contributed by atoms with E-state index in [1.807, 2.05) is 24.3 Å². The van der Waals surface area contributed by atoms with E-state index in [9.17, 15) is 0 Å². The van der Waals surface area contributed by atoms with Gasteiger partial charge < -0.3 is 9.97 Å². The Kier molecular flexibility index (Phi) is 4.04. The Morgan fingerprint density at radius 1 is 1.09 bits per heavy atom. The molecule has 0 saturated heterocycles. The van der Waals surface area contributed by atoms with Crippen LogP contribution in [-0.4, -0.2) is 9.97 Å². The number of thiophene rings is 1. The van der Waals surface area contributed by atoms with Crippen LogP contribution < -0.4 is 0 Å². The van der Waals surface area contributed by atoms with Gasteiger partial charge >= 0.3 is 0 Å². The first-order chi connectivity index (χ1) is 20.7. The van der Waals surface area contributed by atoms with Crippen LogP contribution in [0.25, 0.3) is 37.0 Å². The molecule has 4 heteroatoms. The van der Waals surface area contributed by atoms with Gasteiger partial charge in [-0.15, -0.1) is 35.9 Å². The summed E-state index contributed by atoms with van der Waals surface area (Å²) in [6.07, 6.45) is 0.786. The molecule has 6 rings (SSSR count). The molecule has 1 aliphatic rings. The maximum Gasteiger partial charge on any atom is 0.0829 e. The van der Waals surface area contributed by atoms with E-state index in [1.54, 1.807) is 17.5 Å². The average molecular weight is 635 g/mol. The number of rotatable bonds is 2.